The second-order valence-corrected chi connectivity index (χ2v) is 12.7. The summed E-state index contributed by atoms with van der Waals surface area (Å²) in [4.78, 5) is 21.4. The molecule has 0 saturated carbocycles. The lowest BCUT2D eigenvalue weighted by molar-refractivity contribution is -0.147. The van der Waals surface area contributed by atoms with E-state index in [2.05, 4.69) is 53.3 Å². The molecule has 0 amide bonds. The third kappa shape index (κ3) is 6.20. The molecular formula is C33H41N3O5S. The van der Waals surface area contributed by atoms with Crippen LogP contribution in [0.2, 0.25) is 0 Å². The van der Waals surface area contributed by atoms with Gasteiger partial charge in [-0.1, -0.05) is 23.8 Å². The Kier molecular flexibility index (Phi) is 8.81. The average Bonchev–Trinajstić information content (AvgIpc) is 3.51. The molecule has 9 heteroatoms. The Balaban J connectivity index is 1.15. The SMILES string of the molecule is CO[C@H]1CN(c2nc(-c3cc(C)ccc3OCc3cc(C)c4c(c3)CCN(C3CCOCC3)C4)cs2)CC[C@H]1C(=O)O. The number of hydrogen-bond acceptors (Lipinski definition) is 8. The lowest BCUT2D eigenvalue weighted by atomic mass is 9.91. The van der Waals surface area contributed by atoms with Gasteiger partial charge in [-0.3, -0.25) is 9.69 Å². The van der Waals surface area contributed by atoms with Crippen LogP contribution in [-0.2, 0) is 33.8 Å². The largest absolute Gasteiger partial charge is 0.488 e. The number of piperidine rings is 1. The number of carbonyl (C=O) groups is 1. The zero-order chi connectivity index (χ0) is 29.2. The van der Waals surface area contributed by atoms with E-state index in [1.165, 1.54) is 22.3 Å². The number of anilines is 1. The quantitative estimate of drug-likeness (QED) is 0.369. The highest BCUT2D eigenvalue weighted by molar-refractivity contribution is 7.14. The summed E-state index contributed by atoms with van der Waals surface area (Å²) < 4.78 is 17.6. The predicted octanol–water partition coefficient (Wildman–Crippen LogP) is 5.47. The molecule has 2 saturated heterocycles. The minimum absolute atomic E-state index is 0.355. The Morgan fingerprint density at radius 3 is 2.76 bits per heavy atom. The molecule has 8 nitrogen and oxygen atoms in total. The van der Waals surface area contributed by atoms with E-state index in [9.17, 15) is 9.90 Å². The number of aromatic nitrogens is 1. The zero-order valence-corrected chi connectivity index (χ0v) is 25.6. The first-order valence-electron chi connectivity index (χ1n) is 15.0. The zero-order valence-electron chi connectivity index (χ0n) is 24.8. The van der Waals surface area contributed by atoms with Crippen molar-refractivity contribution in [1.29, 1.82) is 0 Å². The van der Waals surface area contributed by atoms with Crippen molar-refractivity contribution in [3.8, 4) is 17.0 Å². The number of carboxylic acids is 1. The average molecular weight is 592 g/mol. The fraction of sp³-hybridized carbons (Fsp3) is 0.515. The highest BCUT2D eigenvalue weighted by Crippen LogP contribution is 2.36. The van der Waals surface area contributed by atoms with Gasteiger partial charge in [-0.25, -0.2) is 4.98 Å². The summed E-state index contributed by atoms with van der Waals surface area (Å²) in [6.45, 7) is 9.87. The van der Waals surface area contributed by atoms with Crippen molar-refractivity contribution in [3.63, 3.8) is 0 Å². The van der Waals surface area contributed by atoms with Crippen molar-refractivity contribution < 1.29 is 24.1 Å². The molecule has 6 rings (SSSR count). The van der Waals surface area contributed by atoms with Crippen LogP contribution in [0.15, 0.2) is 35.7 Å². The van der Waals surface area contributed by atoms with Gasteiger partial charge in [-0.2, -0.15) is 0 Å². The summed E-state index contributed by atoms with van der Waals surface area (Å²) in [5.41, 5.74) is 8.46. The number of aliphatic carboxylic acids is 1. The number of fused-ring (bicyclic) bond motifs is 1. The Bertz CT molecular complexity index is 1420. The van der Waals surface area contributed by atoms with E-state index < -0.39 is 11.9 Å². The van der Waals surface area contributed by atoms with Gasteiger partial charge >= 0.3 is 5.97 Å². The van der Waals surface area contributed by atoms with Crippen molar-refractivity contribution >= 4 is 22.4 Å². The normalized spacial score (nSPS) is 21.7. The summed E-state index contributed by atoms with van der Waals surface area (Å²) in [5, 5.41) is 12.5. The number of nitrogens with zero attached hydrogens (tertiary/aromatic N) is 3. The number of carboxylic acid groups (broad SMARTS) is 1. The Hall–Kier alpha value is -2.98. The maximum absolute atomic E-state index is 11.6. The van der Waals surface area contributed by atoms with E-state index in [-0.39, 0.29) is 6.10 Å². The first-order valence-corrected chi connectivity index (χ1v) is 15.9. The summed E-state index contributed by atoms with van der Waals surface area (Å²) in [6.07, 6.45) is 3.53. The van der Waals surface area contributed by atoms with E-state index in [0.717, 1.165) is 73.3 Å². The van der Waals surface area contributed by atoms with Crippen molar-refractivity contribution in [3.05, 3.63) is 63.5 Å². The molecule has 0 radical (unpaired) electrons. The fourth-order valence-corrected chi connectivity index (χ4v) is 7.55. The highest BCUT2D eigenvalue weighted by Gasteiger charge is 2.35. The molecule has 0 unspecified atom stereocenters. The topological polar surface area (TPSA) is 84.4 Å². The van der Waals surface area contributed by atoms with Crippen LogP contribution >= 0.6 is 11.3 Å². The maximum atomic E-state index is 11.6. The Morgan fingerprint density at radius 2 is 1.98 bits per heavy atom. The number of benzene rings is 2. The van der Waals surface area contributed by atoms with Crippen LogP contribution in [0, 0.1) is 19.8 Å². The minimum Gasteiger partial charge on any atom is -0.488 e. The summed E-state index contributed by atoms with van der Waals surface area (Å²) in [7, 11) is 1.58. The van der Waals surface area contributed by atoms with Crippen LogP contribution in [-0.4, -0.2) is 73.1 Å². The third-order valence-corrected chi connectivity index (χ3v) is 10.0. The van der Waals surface area contributed by atoms with Crippen molar-refractivity contribution in [2.75, 3.05) is 44.9 Å². The predicted molar refractivity (Wildman–Crippen MR) is 165 cm³/mol. The standard InChI is InChI=1S/C33H41N3O5S/c1-21-4-5-30(27(14-21)29-20-42-33(34-29)36-11-7-26(32(37)38)31(18-36)39-3)41-19-23-15-22(2)28-17-35(10-6-24(28)16-23)25-8-12-40-13-9-25/h4-5,14-16,20,25-26,31H,6-13,17-19H2,1-3H3,(H,37,38)/t26-,31+/m1/s1. The molecule has 3 aliphatic heterocycles. The Morgan fingerprint density at radius 1 is 1.14 bits per heavy atom. The Labute approximate surface area is 252 Å². The molecule has 0 aliphatic carbocycles. The third-order valence-electron chi connectivity index (χ3n) is 9.11. The van der Waals surface area contributed by atoms with Gasteiger partial charge in [0.25, 0.3) is 0 Å². The lowest BCUT2D eigenvalue weighted by Gasteiger charge is -2.38. The second-order valence-electron chi connectivity index (χ2n) is 11.9. The first kappa shape index (κ1) is 29.1. The van der Waals surface area contributed by atoms with E-state index in [4.69, 9.17) is 19.2 Å². The molecule has 1 aromatic heterocycles. The summed E-state index contributed by atoms with van der Waals surface area (Å²) in [5.74, 6) is -0.465. The summed E-state index contributed by atoms with van der Waals surface area (Å²) in [6, 6.07) is 11.5. The molecule has 3 aliphatic rings. The molecule has 1 N–H and O–H groups in total. The molecular weight excluding hydrogens is 550 g/mol. The van der Waals surface area contributed by atoms with Crippen molar-refractivity contribution in [2.24, 2.45) is 5.92 Å². The number of methoxy groups -OCH3 is 1. The van der Waals surface area contributed by atoms with E-state index in [1.54, 1.807) is 18.4 Å². The van der Waals surface area contributed by atoms with E-state index >= 15 is 0 Å². The molecule has 4 heterocycles. The lowest BCUT2D eigenvalue weighted by Crippen LogP contribution is -2.47. The monoisotopic (exact) mass is 591 g/mol. The maximum Gasteiger partial charge on any atom is 0.309 e. The fourth-order valence-electron chi connectivity index (χ4n) is 6.69. The first-order chi connectivity index (χ1) is 20.4. The molecule has 3 aromatic rings. The summed E-state index contributed by atoms with van der Waals surface area (Å²) >= 11 is 1.58. The molecule has 2 aromatic carbocycles. The van der Waals surface area contributed by atoms with Crippen LogP contribution < -0.4 is 9.64 Å². The molecule has 42 heavy (non-hydrogen) atoms. The van der Waals surface area contributed by atoms with Crippen molar-refractivity contribution in [1.82, 2.24) is 9.88 Å². The van der Waals surface area contributed by atoms with Gasteiger partial charge in [0.1, 0.15) is 12.4 Å². The molecule has 224 valence electrons. The van der Waals surface area contributed by atoms with Gasteiger partial charge < -0.3 is 24.2 Å². The van der Waals surface area contributed by atoms with E-state index in [1.807, 2.05) is 6.07 Å². The van der Waals surface area contributed by atoms with Gasteiger partial charge in [0.2, 0.25) is 0 Å². The molecule has 2 atom stereocenters. The number of aryl methyl sites for hydroxylation is 2. The number of hydrogen-bond donors (Lipinski definition) is 1. The number of thiazole rings is 1. The number of rotatable bonds is 8. The minimum atomic E-state index is -0.797. The van der Waals surface area contributed by atoms with Crippen LogP contribution in [0.3, 0.4) is 0 Å². The van der Waals surface area contributed by atoms with Crippen LogP contribution in [0.5, 0.6) is 5.75 Å². The van der Waals surface area contributed by atoms with E-state index in [0.29, 0.717) is 32.2 Å². The van der Waals surface area contributed by atoms with Gasteiger partial charge in [0, 0.05) is 63.5 Å². The molecule has 0 spiro atoms. The van der Waals surface area contributed by atoms with Crippen LogP contribution in [0.25, 0.3) is 11.3 Å². The van der Waals surface area contributed by atoms with Gasteiger partial charge in [0.15, 0.2) is 5.13 Å². The molecule has 2 fully saturated rings. The van der Waals surface area contributed by atoms with Gasteiger partial charge in [-0.05, 0) is 73.9 Å². The van der Waals surface area contributed by atoms with Gasteiger partial charge in [-0.15, -0.1) is 11.3 Å². The van der Waals surface area contributed by atoms with Gasteiger partial charge in [0.05, 0.1) is 17.7 Å². The molecule has 0 bridgehead atoms. The second kappa shape index (κ2) is 12.7. The smallest absolute Gasteiger partial charge is 0.309 e. The van der Waals surface area contributed by atoms with Crippen LogP contribution in [0.4, 0.5) is 5.13 Å². The van der Waals surface area contributed by atoms with Crippen molar-refractivity contribution in [2.45, 2.75) is 64.8 Å². The highest BCUT2D eigenvalue weighted by atomic mass is 32.1. The number of ether oxygens (including phenoxy) is 3. The van der Waals surface area contributed by atoms with Crippen LogP contribution in [0.1, 0.15) is 47.1 Å².